The van der Waals surface area contributed by atoms with Gasteiger partial charge in [-0.3, -0.25) is 10.1 Å². The van der Waals surface area contributed by atoms with Crippen molar-refractivity contribution in [2.24, 2.45) is 0 Å². The molecule has 1 aliphatic rings. The van der Waals surface area contributed by atoms with Crippen LogP contribution in [0.1, 0.15) is 37.9 Å². The number of nitro benzene ring substituents is 1. The van der Waals surface area contributed by atoms with Crippen LogP contribution in [0.4, 0.5) is 10.5 Å². The van der Waals surface area contributed by atoms with E-state index in [1.165, 1.54) is 26.4 Å². The van der Waals surface area contributed by atoms with Gasteiger partial charge in [0.05, 0.1) is 60.8 Å². The Labute approximate surface area is 202 Å². The number of rotatable bonds is 9. The Kier molecular flexibility index (Phi) is 7.80. The minimum absolute atomic E-state index is 0.000757. The summed E-state index contributed by atoms with van der Waals surface area (Å²) in [4.78, 5) is 37.4. The molecule has 0 bridgehead atoms. The van der Waals surface area contributed by atoms with E-state index in [1.807, 2.05) is 0 Å². The van der Waals surface area contributed by atoms with Crippen molar-refractivity contribution in [1.82, 2.24) is 10.6 Å². The highest BCUT2D eigenvalue weighted by molar-refractivity contribution is 6.05. The molecule has 11 nitrogen and oxygen atoms in total. The van der Waals surface area contributed by atoms with Gasteiger partial charge in [-0.15, -0.1) is 0 Å². The monoisotopic (exact) mass is 485 g/mol. The summed E-state index contributed by atoms with van der Waals surface area (Å²) in [6.07, 6.45) is -0.477. The van der Waals surface area contributed by atoms with Gasteiger partial charge in [-0.05, 0) is 56.7 Å². The van der Waals surface area contributed by atoms with E-state index in [0.717, 1.165) is 0 Å². The molecule has 3 rings (SSSR count). The largest absolute Gasteiger partial charge is 0.497 e. The summed E-state index contributed by atoms with van der Waals surface area (Å²) in [6.45, 7) is 5.37. The molecule has 1 aliphatic heterocycles. The zero-order chi connectivity index (χ0) is 25.7. The molecule has 2 aromatic rings. The topological polar surface area (TPSA) is 138 Å². The van der Waals surface area contributed by atoms with Crippen LogP contribution in [0.2, 0.25) is 0 Å². The van der Waals surface area contributed by atoms with Gasteiger partial charge in [0.25, 0.3) is 5.69 Å². The highest BCUT2D eigenvalue weighted by Gasteiger charge is 2.39. The van der Waals surface area contributed by atoms with Gasteiger partial charge in [-0.2, -0.15) is 0 Å². The molecule has 0 spiro atoms. The molecule has 2 aromatic carbocycles. The number of nitrogens with one attached hydrogen (secondary N) is 2. The number of ether oxygens (including phenoxy) is 4. The van der Waals surface area contributed by atoms with Gasteiger partial charge in [0, 0.05) is 0 Å². The van der Waals surface area contributed by atoms with Crippen molar-refractivity contribution < 1.29 is 33.5 Å². The lowest BCUT2D eigenvalue weighted by molar-refractivity contribution is -0.385. The fourth-order valence-electron chi connectivity index (χ4n) is 3.66. The van der Waals surface area contributed by atoms with Crippen LogP contribution in [0.15, 0.2) is 42.0 Å². The molecule has 0 radical (unpaired) electrons. The summed E-state index contributed by atoms with van der Waals surface area (Å²) in [6, 6.07) is 7.39. The van der Waals surface area contributed by atoms with E-state index in [-0.39, 0.29) is 40.6 Å². The summed E-state index contributed by atoms with van der Waals surface area (Å²) in [7, 11) is 2.88. The fourth-order valence-corrected chi connectivity index (χ4v) is 3.66. The Balaban J connectivity index is 2.30. The molecule has 2 amide bonds. The zero-order valence-corrected chi connectivity index (χ0v) is 20.0. The Morgan fingerprint density at radius 3 is 2.34 bits per heavy atom. The fraction of sp³-hybridized carbons (Fsp3) is 0.333. The van der Waals surface area contributed by atoms with E-state index in [0.29, 0.717) is 11.3 Å². The predicted octanol–water partition coefficient (Wildman–Crippen LogP) is 3.73. The number of nitrogens with zero attached hydrogens (tertiary/aromatic N) is 1. The Bertz CT molecular complexity index is 1160. The second kappa shape index (κ2) is 10.8. The van der Waals surface area contributed by atoms with Gasteiger partial charge in [0.2, 0.25) is 0 Å². The maximum absolute atomic E-state index is 13.3. The highest BCUT2D eigenvalue weighted by atomic mass is 16.6. The number of hydrogen-bond acceptors (Lipinski definition) is 8. The van der Waals surface area contributed by atoms with Gasteiger partial charge in [-0.25, -0.2) is 9.59 Å². The van der Waals surface area contributed by atoms with E-state index < -0.39 is 29.1 Å². The second-order valence-electron chi connectivity index (χ2n) is 7.75. The first-order chi connectivity index (χ1) is 16.7. The Morgan fingerprint density at radius 2 is 1.80 bits per heavy atom. The number of nitro groups is 1. The minimum atomic E-state index is -1.21. The lowest BCUT2D eigenvalue weighted by Gasteiger charge is -2.30. The molecule has 0 saturated heterocycles. The molecule has 186 valence electrons. The van der Waals surface area contributed by atoms with E-state index >= 15 is 0 Å². The smallest absolute Gasteiger partial charge is 0.338 e. The number of urea groups is 1. The third kappa shape index (κ3) is 5.45. The summed E-state index contributed by atoms with van der Waals surface area (Å²) in [5, 5.41) is 17.3. The first-order valence-corrected chi connectivity index (χ1v) is 10.9. The lowest BCUT2D eigenvalue weighted by Crippen LogP contribution is -2.45. The van der Waals surface area contributed by atoms with Crippen LogP contribution in [-0.4, -0.2) is 43.9 Å². The Morgan fingerprint density at radius 1 is 1.11 bits per heavy atom. The van der Waals surface area contributed by atoms with Crippen molar-refractivity contribution in [3.05, 3.63) is 63.2 Å². The van der Waals surface area contributed by atoms with Gasteiger partial charge in [0.15, 0.2) is 11.5 Å². The molecular weight excluding hydrogens is 458 g/mol. The van der Waals surface area contributed by atoms with Gasteiger partial charge in [0.1, 0.15) is 5.75 Å². The zero-order valence-electron chi connectivity index (χ0n) is 20.0. The molecule has 0 aromatic heterocycles. The molecule has 2 N–H and O–H groups in total. The molecule has 11 heteroatoms. The number of benzene rings is 2. The number of carbonyl (C=O) groups is 2. The van der Waals surface area contributed by atoms with Crippen molar-refractivity contribution in [2.75, 3.05) is 20.8 Å². The summed E-state index contributed by atoms with van der Waals surface area (Å²) in [5.74, 6) is 0.204. The maximum atomic E-state index is 13.3. The molecule has 0 fully saturated rings. The van der Waals surface area contributed by atoms with Gasteiger partial charge in [-0.1, -0.05) is 0 Å². The van der Waals surface area contributed by atoms with Gasteiger partial charge >= 0.3 is 12.0 Å². The van der Waals surface area contributed by atoms with Crippen molar-refractivity contribution >= 4 is 23.4 Å². The minimum Gasteiger partial charge on any atom is -0.497 e. The summed E-state index contributed by atoms with van der Waals surface area (Å²) < 4.78 is 21.5. The maximum Gasteiger partial charge on any atom is 0.338 e. The average molecular weight is 485 g/mol. The second-order valence-corrected chi connectivity index (χ2v) is 7.75. The normalized spacial score (nSPS) is 15.3. The van der Waals surface area contributed by atoms with E-state index in [4.69, 9.17) is 18.9 Å². The van der Waals surface area contributed by atoms with E-state index in [2.05, 4.69) is 10.6 Å². The van der Waals surface area contributed by atoms with Crippen LogP contribution < -0.4 is 24.8 Å². The first kappa shape index (κ1) is 25.3. The predicted molar refractivity (Wildman–Crippen MR) is 126 cm³/mol. The third-order valence-corrected chi connectivity index (χ3v) is 5.13. The SMILES string of the molecule is CCOc1cc(C2NC(=O)NC(c3ccc(OC)cc3)=C2C(=O)OC(C)C)c([N+](=O)[O-])cc1OC. The number of esters is 1. The quantitative estimate of drug-likeness (QED) is 0.311. The molecule has 0 saturated carbocycles. The highest BCUT2D eigenvalue weighted by Crippen LogP contribution is 2.42. The average Bonchev–Trinajstić information content (AvgIpc) is 2.82. The van der Waals surface area contributed by atoms with Crippen molar-refractivity contribution in [2.45, 2.75) is 32.9 Å². The number of carbonyl (C=O) groups excluding carboxylic acids is 2. The molecular formula is C24H27N3O8. The number of methoxy groups -OCH3 is 2. The summed E-state index contributed by atoms with van der Waals surface area (Å²) >= 11 is 0. The van der Waals surface area contributed by atoms with Crippen LogP contribution in [0, 0.1) is 10.1 Å². The number of hydrogen-bond donors (Lipinski definition) is 2. The molecule has 35 heavy (non-hydrogen) atoms. The molecule has 1 heterocycles. The first-order valence-electron chi connectivity index (χ1n) is 10.9. The van der Waals surface area contributed by atoms with Crippen LogP contribution in [0.3, 0.4) is 0 Å². The van der Waals surface area contributed by atoms with Gasteiger partial charge < -0.3 is 29.6 Å². The molecule has 1 unspecified atom stereocenters. The lowest BCUT2D eigenvalue weighted by atomic mass is 9.91. The van der Waals surface area contributed by atoms with Crippen molar-refractivity contribution in [3.8, 4) is 17.2 Å². The molecule has 1 atom stereocenters. The van der Waals surface area contributed by atoms with Crippen LogP contribution in [0.25, 0.3) is 5.70 Å². The Hall–Kier alpha value is -4.28. The van der Waals surface area contributed by atoms with Crippen LogP contribution in [0.5, 0.6) is 17.2 Å². The summed E-state index contributed by atoms with van der Waals surface area (Å²) in [5.41, 5.74) is 0.328. The van der Waals surface area contributed by atoms with Crippen molar-refractivity contribution in [3.63, 3.8) is 0 Å². The van der Waals surface area contributed by atoms with E-state index in [9.17, 15) is 19.7 Å². The van der Waals surface area contributed by atoms with Crippen LogP contribution in [-0.2, 0) is 9.53 Å². The van der Waals surface area contributed by atoms with Crippen LogP contribution >= 0.6 is 0 Å². The standard InChI is InChI=1S/C24H27N3O8/c1-6-34-19-11-16(17(27(30)31)12-18(19)33-5)22-20(23(28)35-13(2)3)21(25-24(29)26-22)14-7-9-15(32-4)10-8-14/h7-13,22H,6H2,1-5H3,(H2,25,26,29). The third-order valence-electron chi connectivity index (χ3n) is 5.13. The van der Waals surface area contributed by atoms with Crippen molar-refractivity contribution in [1.29, 1.82) is 0 Å². The number of amides is 2. The molecule has 0 aliphatic carbocycles. The van der Waals surface area contributed by atoms with E-state index in [1.54, 1.807) is 45.0 Å².